The first-order valence-electron chi connectivity index (χ1n) is 7.80. The van der Waals surface area contributed by atoms with E-state index in [1.54, 1.807) is 4.90 Å². The van der Waals surface area contributed by atoms with Crippen molar-refractivity contribution in [3.63, 3.8) is 0 Å². The van der Waals surface area contributed by atoms with Crippen molar-refractivity contribution in [2.24, 2.45) is 5.92 Å². The minimum Gasteiger partial charge on any atom is -0.365 e. The third kappa shape index (κ3) is 4.07. The van der Waals surface area contributed by atoms with E-state index in [1.807, 2.05) is 38.1 Å². The first-order valence-corrected chi connectivity index (χ1v) is 7.80. The van der Waals surface area contributed by atoms with Gasteiger partial charge in [-0.25, -0.2) is 0 Å². The van der Waals surface area contributed by atoms with E-state index in [2.05, 4.69) is 12.2 Å². The predicted molar refractivity (Wildman–Crippen MR) is 85.8 cm³/mol. The molecule has 1 saturated heterocycles. The monoisotopic (exact) mass is 304 g/mol. The Bertz CT molecular complexity index is 525. The van der Waals surface area contributed by atoms with Gasteiger partial charge in [-0.3, -0.25) is 9.59 Å². The number of benzene rings is 1. The van der Waals surface area contributed by atoms with Gasteiger partial charge in [-0.05, 0) is 24.1 Å². The number of ether oxygens (including phenoxy) is 1. The minimum atomic E-state index is -0.175. The standard InChI is InChI=1S/C17H24N2O3/c1-4-13-5-7-14(8-6-13)19-10-15(22-11-16(19)20)9-18-17(21)12(2)3/h5-8,12,15H,4,9-11H2,1-3H3,(H,18,21). The highest BCUT2D eigenvalue weighted by molar-refractivity contribution is 5.95. The van der Waals surface area contributed by atoms with Crippen LogP contribution in [0.4, 0.5) is 5.69 Å². The third-order valence-electron chi connectivity index (χ3n) is 3.81. The Labute approximate surface area is 131 Å². The summed E-state index contributed by atoms with van der Waals surface area (Å²) in [5.41, 5.74) is 2.12. The fourth-order valence-electron chi connectivity index (χ4n) is 2.33. The molecule has 1 aliphatic rings. The molecule has 1 heterocycles. The molecule has 1 aromatic rings. The van der Waals surface area contributed by atoms with Crippen LogP contribution in [-0.2, 0) is 20.7 Å². The Morgan fingerprint density at radius 1 is 1.36 bits per heavy atom. The lowest BCUT2D eigenvalue weighted by atomic mass is 10.1. The largest absolute Gasteiger partial charge is 0.365 e. The van der Waals surface area contributed by atoms with Gasteiger partial charge in [-0.1, -0.05) is 32.9 Å². The number of rotatable bonds is 5. The molecule has 1 unspecified atom stereocenters. The first kappa shape index (κ1) is 16.5. The Morgan fingerprint density at radius 3 is 2.64 bits per heavy atom. The second-order valence-electron chi connectivity index (χ2n) is 5.86. The molecule has 5 nitrogen and oxygen atoms in total. The van der Waals surface area contributed by atoms with Gasteiger partial charge >= 0.3 is 0 Å². The lowest BCUT2D eigenvalue weighted by Gasteiger charge is -2.33. The normalized spacial score (nSPS) is 18.6. The van der Waals surface area contributed by atoms with E-state index in [0.717, 1.165) is 12.1 Å². The Balaban J connectivity index is 1.98. The number of nitrogens with zero attached hydrogens (tertiary/aromatic N) is 1. The van der Waals surface area contributed by atoms with E-state index in [1.165, 1.54) is 5.56 Å². The summed E-state index contributed by atoms with van der Waals surface area (Å²) in [7, 11) is 0. The molecular formula is C17H24N2O3. The van der Waals surface area contributed by atoms with Gasteiger partial charge in [0.25, 0.3) is 5.91 Å². The summed E-state index contributed by atoms with van der Waals surface area (Å²) in [5.74, 6) is -0.0991. The van der Waals surface area contributed by atoms with E-state index in [9.17, 15) is 9.59 Å². The minimum absolute atomic E-state index is 0.000603. The topological polar surface area (TPSA) is 58.6 Å². The Kier molecular flexibility index (Phi) is 5.55. The zero-order valence-electron chi connectivity index (χ0n) is 13.5. The lowest BCUT2D eigenvalue weighted by molar-refractivity contribution is -0.130. The van der Waals surface area contributed by atoms with Crippen molar-refractivity contribution in [2.75, 3.05) is 24.6 Å². The molecule has 1 aromatic carbocycles. The summed E-state index contributed by atoms with van der Waals surface area (Å²) in [6.07, 6.45) is 0.799. The van der Waals surface area contributed by atoms with Crippen LogP contribution in [-0.4, -0.2) is 37.6 Å². The number of hydrogen-bond acceptors (Lipinski definition) is 3. The molecule has 0 spiro atoms. The zero-order chi connectivity index (χ0) is 16.1. The fourth-order valence-corrected chi connectivity index (χ4v) is 2.33. The van der Waals surface area contributed by atoms with Gasteiger partial charge in [-0.2, -0.15) is 0 Å². The van der Waals surface area contributed by atoms with Crippen LogP contribution < -0.4 is 10.2 Å². The molecule has 0 bridgehead atoms. The molecule has 1 aliphatic heterocycles. The van der Waals surface area contributed by atoms with Gasteiger partial charge < -0.3 is 15.0 Å². The Hall–Kier alpha value is -1.88. The quantitative estimate of drug-likeness (QED) is 0.901. The van der Waals surface area contributed by atoms with Gasteiger partial charge in [0.15, 0.2) is 0 Å². The summed E-state index contributed by atoms with van der Waals surface area (Å²) in [5, 5.41) is 2.86. The van der Waals surface area contributed by atoms with Crippen molar-refractivity contribution in [1.29, 1.82) is 0 Å². The highest BCUT2D eigenvalue weighted by Crippen LogP contribution is 2.19. The average Bonchev–Trinajstić information content (AvgIpc) is 2.53. The lowest BCUT2D eigenvalue weighted by Crippen LogP contribution is -2.51. The number of nitrogens with one attached hydrogen (secondary N) is 1. The van der Waals surface area contributed by atoms with E-state index in [0.29, 0.717) is 13.1 Å². The van der Waals surface area contributed by atoms with Crippen LogP contribution in [0.2, 0.25) is 0 Å². The van der Waals surface area contributed by atoms with Crippen LogP contribution in [0.1, 0.15) is 26.3 Å². The summed E-state index contributed by atoms with van der Waals surface area (Å²) in [4.78, 5) is 25.4. The molecule has 0 radical (unpaired) electrons. The molecule has 120 valence electrons. The van der Waals surface area contributed by atoms with Gasteiger partial charge in [0.1, 0.15) is 6.61 Å². The van der Waals surface area contributed by atoms with Crippen molar-refractivity contribution in [3.8, 4) is 0 Å². The number of anilines is 1. The van der Waals surface area contributed by atoms with Crippen LogP contribution >= 0.6 is 0 Å². The van der Waals surface area contributed by atoms with Gasteiger partial charge in [0.05, 0.1) is 12.6 Å². The van der Waals surface area contributed by atoms with Gasteiger partial charge in [0.2, 0.25) is 5.91 Å². The molecule has 0 aromatic heterocycles. The van der Waals surface area contributed by atoms with Crippen molar-refractivity contribution in [2.45, 2.75) is 33.3 Å². The Morgan fingerprint density at radius 2 is 2.05 bits per heavy atom. The van der Waals surface area contributed by atoms with Crippen LogP contribution in [0.25, 0.3) is 0 Å². The molecule has 0 saturated carbocycles. The van der Waals surface area contributed by atoms with Crippen molar-refractivity contribution in [3.05, 3.63) is 29.8 Å². The molecule has 2 rings (SSSR count). The molecule has 1 atom stereocenters. The van der Waals surface area contributed by atoms with E-state index >= 15 is 0 Å². The van der Waals surface area contributed by atoms with Crippen molar-refractivity contribution in [1.82, 2.24) is 5.32 Å². The molecular weight excluding hydrogens is 280 g/mol. The first-order chi connectivity index (χ1) is 10.5. The third-order valence-corrected chi connectivity index (χ3v) is 3.81. The van der Waals surface area contributed by atoms with Crippen LogP contribution in [0.3, 0.4) is 0 Å². The zero-order valence-corrected chi connectivity index (χ0v) is 13.5. The highest BCUT2D eigenvalue weighted by Gasteiger charge is 2.27. The second-order valence-corrected chi connectivity index (χ2v) is 5.86. The summed E-state index contributed by atoms with van der Waals surface area (Å²) in [6, 6.07) is 8.00. The molecule has 2 amide bonds. The molecule has 0 aliphatic carbocycles. The van der Waals surface area contributed by atoms with Crippen LogP contribution in [0, 0.1) is 5.92 Å². The second kappa shape index (κ2) is 7.40. The van der Waals surface area contributed by atoms with E-state index in [-0.39, 0.29) is 30.4 Å². The van der Waals surface area contributed by atoms with E-state index < -0.39 is 0 Å². The number of aryl methyl sites for hydroxylation is 1. The molecule has 1 fully saturated rings. The summed E-state index contributed by atoms with van der Waals surface area (Å²) >= 11 is 0. The average molecular weight is 304 g/mol. The summed E-state index contributed by atoms with van der Waals surface area (Å²) in [6.45, 7) is 6.74. The molecule has 5 heteroatoms. The number of carbonyl (C=O) groups is 2. The predicted octanol–water partition coefficient (Wildman–Crippen LogP) is 1.75. The SMILES string of the molecule is CCc1ccc(N2CC(CNC(=O)C(C)C)OCC2=O)cc1. The maximum absolute atomic E-state index is 12.1. The number of hydrogen-bond donors (Lipinski definition) is 1. The maximum atomic E-state index is 12.1. The molecule has 1 N–H and O–H groups in total. The maximum Gasteiger partial charge on any atom is 0.253 e. The number of morpholine rings is 1. The summed E-state index contributed by atoms with van der Waals surface area (Å²) < 4.78 is 5.51. The number of amides is 2. The van der Waals surface area contributed by atoms with Crippen molar-refractivity contribution >= 4 is 17.5 Å². The van der Waals surface area contributed by atoms with E-state index in [4.69, 9.17) is 4.74 Å². The highest BCUT2D eigenvalue weighted by atomic mass is 16.5. The van der Waals surface area contributed by atoms with Crippen LogP contribution in [0.5, 0.6) is 0 Å². The van der Waals surface area contributed by atoms with Crippen molar-refractivity contribution < 1.29 is 14.3 Å². The number of carbonyl (C=O) groups excluding carboxylic acids is 2. The van der Waals surface area contributed by atoms with Gasteiger partial charge in [-0.15, -0.1) is 0 Å². The van der Waals surface area contributed by atoms with Crippen LogP contribution in [0.15, 0.2) is 24.3 Å². The van der Waals surface area contributed by atoms with Gasteiger partial charge in [0, 0.05) is 18.2 Å². The fraction of sp³-hybridized carbons (Fsp3) is 0.529. The molecule has 22 heavy (non-hydrogen) atoms. The smallest absolute Gasteiger partial charge is 0.253 e.